The minimum Gasteiger partial charge on any atom is -0.338 e. The van der Waals surface area contributed by atoms with Crippen molar-refractivity contribution in [3.05, 3.63) is 59.2 Å². The molecule has 3 aromatic rings. The average molecular weight is 438 g/mol. The summed E-state index contributed by atoms with van der Waals surface area (Å²) in [5, 5.41) is 13.6. The van der Waals surface area contributed by atoms with Gasteiger partial charge in [-0.15, -0.1) is 0 Å². The molecule has 0 spiro atoms. The normalized spacial score (nSPS) is 19.3. The predicted molar refractivity (Wildman–Crippen MR) is 113 cm³/mol. The monoisotopic (exact) mass is 438 g/mol. The van der Waals surface area contributed by atoms with Crippen molar-refractivity contribution >= 4 is 11.7 Å². The standard InChI is InChI=1S/C23H24F2N6O/c1-14-7-8-30(21(32)15-5-4-6-16(9-15)23(2,3)12-26)11-17(14)19-10-18(20(24)25)29-22-27-13-28-31(19)22/h4-6,9-10,13-14,17,20H,7-8,11H2,1-3H3/t14?,17-/m1/s1. The van der Waals surface area contributed by atoms with Crippen LogP contribution < -0.4 is 0 Å². The van der Waals surface area contributed by atoms with Gasteiger partial charge in [0.1, 0.15) is 12.0 Å². The van der Waals surface area contributed by atoms with Crippen LogP contribution in [0.4, 0.5) is 8.78 Å². The Bertz CT molecular complexity index is 1200. The molecule has 0 bridgehead atoms. The van der Waals surface area contributed by atoms with Crippen molar-refractivity contribution < 1.29 is 13.6 Å². The van der Waals surface area contributed by atoms with Crippen LogP contribution in [0.25, 0.3) is 5.78 Å². The fourth-order valence-corrected chi connectivity index (χ4v) is 4.16. The maximum Gasteiger partial charge on any atom is 0.280 e. The molecule has 32 heavy (non-hydrogen) atoms. The lowest BCUT2D eigenvalue weighted by molar-refractivity contribution is 0.0665. The highest BCUT2D eigenvalue weighted by Gasteiger charge is 2.33. The van der Waals surface area contributed by atoms with Crippen LogP contribution in [0.2, 0.25) is 0 Å². The van der Waals surface area contributed by atoms with Crippen LogP contribution in [0.15, 0.2) is 36.7 Å². The largest absolute Gasteiger partial charge is 0.338 e. The van der Waals surface area contributed by atoms with Crippen LogP contribution in [0.5, 0.6) is 0 Å². The quantitative estimate of drug-likeness (QED) is 0.611. The van der Waals surface area contributed by atoms with Crippen molar-refractivity contribution in [2.45, 2.75) is 45.0 Å². The summed E-state index contributed by atoms with van der Waals surface area (Å²) < 4.78 is 28.3. The third kappa shape index (κ3) is 3.93. The second-order valence-electron chi connectivity index (χ2n) is 8.82. The number of aromatic nitrogens is 4. The first-order chi connectivity index (χ1) is 15.2. The van der Waals surface area contributed by atoms with E-state index in [-0.39, 0.29) is 29.2 Å². The first kappa shape index (κ1) is 21.8. The Morgan fingerprint density at radius 3 is 2.81 bits per heavy atom. The molecule has 1 aliphatic rings. The van der Waals surface area contributed by atoms with Gasteiger partial charge in [0.05, 0.1) is 17.2 Å². The fourth-order valence-electron chi connectivity index (χ4n) is 4.16. The fraction of sp³-hybridized carbons (Fsp3) is 0.435. The molecule has 9 heteroatoms. The summed E-state index contributed by atoms with van der Waals surface area (Å²) in [6.45, 7) is 6.60. The second-order valence-corrected chi connectivity index (χ2v) is 8.82. The number of halogens is 2. The lowest BCUT2D eigenvalue weighted by Crippen LogP contribution is -2.42. The Balaban J connectivity index is 1.66. The van der Waals surface area contributed by atoms with Gasteiger partial charge >= 0.3 is 0 Å². The molecule has 1 saturated heterocycles. The third-order valence-corrected chi connectivity index (χ3v) is 6.26. The van der Waals surface area contributed by atoms with Gasteiger partial charge in [0.15, 0.2) is 0 Å². The van der Waals surface area contributed by atoms with Crippen molar-refractivity contribution in [1.82, 2.24) is 24.5 Å². The summed E-state index contributed by atoms with van der Waals surface area (Å²) in [4.78, 5) is 22.9. The molecule has 166 valence electrons. The number of benzene rings is 1. The predicted octanol–water partition coefficient (Wildman–Crippen LogP) is 4.13. The summed E-state index contributed by atoms with van der Waals surface area (Å²) >= 11 is 0. The molecular weight excluding hydrogens is 414 g/mol. The molecule has 0 radical (unpaired) electrons. The lowest BCUT2D eigenvalue weighted by Gasteiger charge is -2.37. The van der Waals surface area contributed by atoms with E-state index in [4.69, 9.17) is 0 Å². The number of amides is 1. The summed E-state index contributed by atoms with van der Waals surface area (Å²) in [5.41, 5.74) is 0.798. The molecule has 0 aliphatic carbocycles. The molecule has 0 saturated carbocycles. The molecule has 2 aromatic heterocycles. The lowest BCUT2D eigenvalue weighted by atomic mass is 9.83. The molecule has 0 N–H and O–H groups in total. The van der Waals surface area contributed by atoms with Crippen LogP contribution >= 0.6 is 0 Å². The number of likely N-dealkylation sites (tertiary alicyclic amines) is 1. The van der Waals surface area contributed by atoms with Crippen molar-refractivity contribution in [3.63, 3.8) is 0 Å². The number of piperidine rings is 1. The topological polar surface area (TPSA) is 87.2 Å². The van der Waals surface area contributed by atoms with Gasteiger partial charge in [-0.2, -0.15) is 15.3 Å². The molecule has 1 amide bonds. The zero-order valence-electron chi connectivity index (χ0n) is 18.2. The highest BCUT2D eigenvalue weighted by molar-refractivity contribution is 5.94. The van der Waals surface area contributed by atoms with Crippen LogP contribution in [-0.2, 0) is 5.41 Å². The van der Waals surface area contributed by atoms with Gasteiger partial charge in [0.25, 0.3) is 18.1 Å². The zero-order valence-corrected chi connectivity index (χ0v) is 18.2. The van der Waals surface area contributed by atoms with Crippen molar-refractivity contribution in [2.75, 3.05) is 13.1 Å². The van der Waals surface area contributed by atoms with Crippen molar-refractivity contribution in [3.8, 4) is 6.07 Å². The van der Waals surface area contributed by atoms with E-state index < -0.39 is 11.8 Å². The van der Waals surface area contributed by atoms with E-state index in [1.165, 1.54) is 16.9 Å². The van der Waals surface area contributed by atoms with Crippen LogP contribution in [0, 0.1) is 17.2 Å². The van der Waals surface area contributed by atoms with Crippen molar-refractivity contribution in [2.24, 2.45) is 5.92 Å². The molecule has 3 heterocycles. The first-order valence-electron chi connectivity index (χ1n) is 10.5. The van der Waals surface area contributed by atoms with Gasteiger partial charge in [0, 0.05) is 24.6 Å². The number of hydrogen-bond acceptors (Lipinski definition) is 5. The SMILES string of the molecule is CC1CCN(C(=O)c2cccc(C(C)(C)C#N)c2)C[C@H]1c1cc(C(F)F)nc2ncnn12. The summed E-state index contributed by atoms with van der Waals surface area (Å²) in [6.07, 6.45) is -0.708. The summed E-state index contributed by atoms with van der Waals surface area (Å²) in [7, 11) is 0. The van der Waals surface area contributed by atoms with Gasteiger partial charge in [-0.1, -0.05) is 19.1 Å². The number of fused-ring (bicyclic) bond motifs is 1. The third-order valence-electron chi connectivity index (χ3n) is 6.26. The first-order valence-corrected chi connectivity index (χ1v) is 10.5. The van der Waals surface area contributed by atoms with Gasteiger partial charge in [-0.3, -0.25) is 4.79 Å². The summed E-state index contributed by atoms with van der Waals surface area (Å²) in [6, 6.07) is 10.7. The van der Waals surface area contributed by atoms with E-state index in [1.54, 1.807) is 23.1 Å². The van der Waals surface area contributed by atoms with Crippen LogP contribution in [0.3, 0.4) is 0 Å². The van der Waals surface area contributed by atoms with E-state index in [9.17, 15) is 18.8 Å². The van der Waals surface area contributed by atoms with E-state index in [0.29, 0.717) is 24.3 Å². The van der Waals surface area contributed by atoms with E-state index >= 15 is 0 Å². The van der Waals surface area contributed by atoms with E-state index in [2.05, 4.69) is 21.1 Å². The van der Waals surface area contributed by atoms with Crippen LogP contribution in [-0.4, -0.2) is 43.5 Å². The second kappa shape index (κ2) is 8.26. The summed E-state index contributed by atoms with van der Waals surface area (Å²) in [5.74, 6) is -0.0605. The Hall–Kier alpha value is -3.41. The maximum atomic E-state index is 13.4. The number of alkyl halides is 2. The Morgan fingerprint density at radius 2 is 2.09 bits per heavy atom. The number of rotatable bonds is 4. The Labute approximate surface area is 184 Å². The smallest absolute Gasteiger partial charge is 0.280 e. The minimum atomic E-state index is -2.72. The highest BCUT2D eigenvalue weighted by Crippen LogP contribution is 2.34. The maximum absolute atomic E-state index is 13.4. The van der Waals surface area contributed by atoms with Crippen molar-refractivity contribution in [1.29, 1.82) is 5.26 Å². The average Bonchev–Trinajstić information content (AvgIpc) is 3.27. The van der Waals surface area contributed by atoms with E-state index in [0.717, 1.165) is 12.0 Å². The number of nitrogens with zero attached hydrogens (tertiary/aromatic N) is 6. The molecular formula is C23H24F2N6O. The Morgan fingerprint density at radius 1 is 1.31 bits per heavy atom. The van der Waals surface area contributed by atoms with E-state index in [1.807, 2.05) is 26.8 Å². The highest BCUT2D eigenvalue weighted by atomic mass is 19.3. The number of nitriles is 1. The number of carbonyl (C=O) groups excluding carboxylic acids is 1. The number of hydrogen-bond donors (Lipinski definition) is 0. The molecule has 1 aromatic carbocycles. The molecule has 1 aliphatic heterocycles. The number of carbonyl (C=O) groups is 1. The molecule has 4 rings (SSSR count). The minimum absolute atomic E-state index is 0.125. The molecule has 1 unspecified atom stereocenters. The molecule has 2 atom stereocenters. The van der Waals surface area contributed by atoms with Gasteiger partial charge in [-0.25, -0.2) is 18.3 Å². The molecule has 7 nitrogen and oxygen atoms in total. The van der Waals surface area contributed by atoms with Gasteiger partial charge in [-0.05, 0) is 49.9 Å². The van der Waals surface area contributed by atoms with Gasteiger partial charge < -0.3 is 4.90 Å². The molecule has 1 fully saturated rings. The van der Waals surface area contributed by atoms with Crippen LogP contribution in [0.1, 0.15) is 66.8 Å². The Kier molecular flexibility index (Phi) is 5.63. The van der Waals surface area contributed by atoms with Gasteiger partial charge in [0.2, 0.25) is 0 Å². The zero-order chi connectivity index (χ0) is 23.0.